The molecule has 33 heavy (non-hydrogen) atoms. The number of thioether (sulfide) groups is 1. The van der Waals surface area contributed by atoms with Crippen LogP contribution in [0.25, 0.3) is 5.69 Å². The van der Waals surface area contributed by atoms with Gasteiger partial charge in [-0.3, -0.25) is 9.36 Å². The van der Waals surface area contributed by atoms with Crippen LogP contribution < -0.4 is 5.32 Å². The third-order valence-electron chi connectivity index (χ3n) is 5.26. The molecule has 168 valence electrons. The smallest absolute Gasteiger partial charge is 0.236 e. The van der Waals surface area contributed by atoms with Crippen molar-refractivity contribution in [2.75, 3.05) is 11.1 Å². The van der Waals surface area contributed by atoms with E-state index in [1.165, 1.54) is 28.8 Å². The second-order valence-corrected chi connectivity index (χ2v) is 9.31. The zero-order valence-corrected chi connectivity index (χ0v) is 19.7. The van der Waals surface area contributed by atoms with Gasteiger partial charge < -0.3 is 9.88 Å². The molecule has 0 unspecified atom stereocenters. The molecule has 0 aliphatic rings. The van der Waals surface area contributed by atoms with Gasteiger partial charge in [-0.25, -0.2) is 4.39 Å². The lowest BCUT2D eigenvalue weighted by Crippen LogP contribution is -2.18. The summed E-state index contributed by atoms with van der Waals surface area (Å²) in [6.07, 6.45) is 2.53. The molecule has 0 aliphatic carbocycles. The molecule has 0 radical (unpaired) electrons. The molecule has 3 heterocycles. The molecule has 4 rings (SSSR count). The Morgan fingerprint density at radius 3 is 2.76 bits per heavy atom. The number of nitrogens with one attached hydrogen (secondary N) is 1. The predicted octanol–water partition coefficient (Wildman–Crippen LogP) is 4.73. The van der Waals surface area contributed by atoms with Crippen molar-refractivity contribution in [3.05, 3.63) is 75.6 Å². The second kappa shape index (κ2) is 10.0. The van der Waals surface area contributed by atoms with Crippen molar-refractivity contribution in [2.24, 2.45) is 0 Å². The van der Waals surface area contributed by atoms with Crippen LogP contribution in [0.4, 0.5) is 10.2 Å². The van der Waals surface area contributed by atoms with E-state index in [0.29, 0.717) is 22.2 Å². The maximum absolute atomic E-state index is 13.4. The molecule has 10 heteroatoms. The highest BCUT2D eigenvalue weighted by Gasteiger charge is 2.21. The van der Waals surface area contributed by atoms with Crippen LogP contribution in [0.3, 0.4) is 0 Å². The minimum absolute atomic E-state index is 0.106. The lowest BCUT2D eigenvalue weighted by atomic mass is 10.2. The van der Waals surface area contributed by atoms with Crippen LogP contribution in [-0.4, -0.2) is 31.0 Å². The van der Waals surface area contributed by atoms with E-state index in [0.717, 1.165) is 24.2 Å². The number of amides is 1. The number of thiophene rings is 1. The van der Waals surface area contributed by atoms with E-state index in [1.54, 1.807) is 34.4 Å². The lowest BCUT2D eigenvalue weighted by molar-refractivity contribution is -0.113. The number of hydrogen-bond donors (Lipinski definition) is 1. The van der Waals surface area contributed by atoms with E-state index in [1.807, 2.05) is 29.9 Å². The number of aromatic nitrogens is 4. The molecule has 3 aromatic heterocycles. The normalized spacial score (nSPS) is 10.8. The third kappa shape index (κ3) is 4.99. The maximum atomic E-state index is 13.4. The molecule has 0 aliphatic heterocycles. The van der Waals surface area contributed by atoms with E-state index in [2.05, 4.69) is 27.6 Å². The van der Waals surface area contributed by atoms with Gasteiger partial charge in [0.05, 0.1) is 11.3 Å². The first-order valence-corrected chi connectivity index (χ1v) is 12.0. The van der Waals surface area contributed by atoms with E-state index in [-0.39, 0.29) is 17.5 Å². The Hall–Kier alpha value is -3.42. The summed E-state index contributed by atoms with van der Waals surface area (Å²) in [6, 6.07) is 12.2. The maximum Gasteiger partial charge on any atom is 0.236 e. The predicted molar refractivity (Wildman–Crippen MR) is 127 cm³/mol. The van der Waals surface area contributed by atoms with Crippen LogP contribution in [0.2, 0.25) is 0 Å². The van der Waals surface area contributed by atoms with E-state index >= 15 is 0 Å². The second-order valence-electron chi connectivity index (χ2n) is 7.33. The highest BCUT2D eigenvalue weighted by Crippen LogP contribution is 2.30. The van der Waals surface area contributed by atoms with Crippen LogP contribution >= 0.6 is 23.1 Å². The fraction of sp³-hybridized carbons (Fsp3) is 0.217. The van der Waals surface area contributed by atoms with Gasteiger partial charge in [0.1, 0.15) is 24.0 Å². The monoisotopic (exact) mass is 480 g/mol. The van der Waals surface area contributed by atoms with Gasteiger partial charge in [0.25, 0.3) is 0 Å². The summed E-state index contributed by atoms with van der Waals surface area (Å²) in [5.41, 5.74) is 2.61. The van der Waals surface area contributed by atoms with E-state index in [4.69, 9.17) is 0 Å². The Kier molecular flexibility index (Phi) is 6.91. The molecular weight excluding hydrogens is 459 g/mol. The summed E-state index contributed by atoms with van der Waals surface area (Å²) in [7, 11) is 0. The average molecular weight is 481 g/mol. The largest absolute Gasteiger partial charge is 0.310 e. The molecule has 0 saturated carbocycles. The highest BCUT2D eigenvalue weighted by atomic mass is 32.2. The standard InChI is InChI=1S/C23H21FN6OS2/c1-15-16(2)30(18-7-5-17(24)6-8-18)22(20(15)12-25)27-21(31)13-33-23-28-26-14-29(23)10-9-19-4-3-11-32-19/h3-8,11,14H,9-10,13H2,1-2H3,(H,27,31). The summed E-state index contributed by atoms with van der Waals surface area (Å²) in [4.78, 5) is 14.1. The van der Waals surface area contributed by atoms with Gasteiger partial charge in [-0.15, -0.1) is 21.5 Å². The first-order valence-electron chi connectivity index (χ1n) is 10.2. The molecular formula is C23H21FN6OS2. The van der Waals surface area contributed by atoms with Crippen LogP contribution in [0.15, 0.2) is 53.3 Å². The fourth-order valence-corrected chi connectivity index (χ4v) is 4.91. The summed E-state index contributed by atoms with van der Waals surface area (Å²) < 4.78 is 17.1. The molecule has 1 amide bonds. The van der Waals surface area contributed by atoms with Crippen molar-refractivity contribution in [3.63, 3.8) is 0 Å². The zero-order chi connectivity index (χ0) is 23.4. The minimum atomic E-state index is -0.356. The summed E-state index contributed by atoms with van der Waals surface area (Å²) >= 11 is 2.99. The molecule has 4 aromatic rings. The number of hydrogen-bond acceptors (Lipinski definition) is 6. The van der Waals surface area contributed by atoms with Crippen molar-refractivity contribution in [3.8, 4) is 11.8 Å². The highest BCUT2D eigenvalue weighted by molar-refractivity contribution is 7.99. The minimum Gasteiger partial charge on any atom is -0.310 e. The molecule has 1 aromatic carbocycles. The van der Waals surface area contributed by atoms with Crippen LogP contribution in [-0.2, 0) is 17.8 Å². The lowest BCUT2D eigenvalue weighted by Gasteiger charge is -2.13. The van der Waals surface area contributed by atoms with Crippen molar-refractivity contribution >= 4 is 34.8 Å². The quantitative estimate of drug-likeness (QED) is 0.368. The van der Waals surface area contributed by atoms with Crippen LogP contribution in [0.1, 0.15) is 21.7 Å². The topological polar surface area (TPSA) is 88.5 Å². The number of benzene rings is 1. The first-order chi connectivity index (χ1) is 16.0. The summed E-state index contributed by atoms with van der Waals surface area (Å²) in [6.45, 7) is 4.41. The Balaban J connectivity index is 1.48. The molecule has 0 bridgehead atoms. The Labute approximate surface area is 198 Å². The number of carbonyl (C=O) groups is 1. The van der Waals surface area contributed by atoms with Gasteiger partial charge in [-0.1, -0.05) is 17.8 Å². The van der Waals surface area contributed by atoms with Crippen LogP contribution in [0, 0.1) is 31.0 Å². The van der Waals surface area contributed by atoms with E-state index in [9.17, 15) is 14.4 Å². The fourth-order valence-electron chi connectivity index (χ4n) is 3.47. The van der Waals surface area contributed by atoms with Crippen molar-refractivity contribution in [1.29, 1.82) is 5.26 Å². The molecule has 0 spiro atoms. The number of carbonyl (C=O) groups excluding carboxylic acids is 1. The Morgan fingerprint density at radius 2 is 2.06 bits per heavy atom. The summed E-state index contributed by atoms with van der Waals surface area (Å²) in [5.74, 6) is -0.144. The molecule has 0 fully saturated rings. The molecule has 7 nitrogen and oxygen atoms in total. The number of nitrogens with zero attached hydrogens (tertiary/aromatic N) is 5. The van der Waals surface area contributed by atoms with Gasteiger partial charge in [-0.2, -0.15) is 5.26 Å². The SMILES string of the molecule is Cc1c(C#N)c(NC(=O)CSc2nncn2CCc2cccs2)n(-c2ccc(F)cc2)c1C. The van der Waals surface area contributed by atoms with Crippen LogP contribution in [0.5, 0.6) is 0 Å². The van der Waals surface area contributed by atoms with Crippen molar-refractivity contribution in [1.82, 2.24) is 19.3 Å². The van der Waals surface area contributed by atoms with E-state index < -0.39 is 0 Å². The third-order valence-corrected chi connectivity index (χ3v) is 7.18. The van der Waals surface area contributed by atoms with Crippen molar-refractivity contribution < 1.29 is 9.18 Å². The average Bonchev–Trinajstić information content (AvgIpc) is 3.53. The van der Waals surface area contributed by atoms with Gasteiger partial charge in [0.15, 0.2) is 5.16 Å². The summed E-state index contributed by atoms with van der Waals surface area (Å²) in [5, 5.41) is 23.4. The van der Waals surface area contributed by atoms with Gasteiger partial charge in [0.2, 0.25) is 5.91 Å². The Morgan fingerprint density at radius 1 is 1.27 bits per heavy atom. The molecule has 0 saturated heterocycles. The number of aryl methyl sites for hydroxylation is 2. The number of nitriles is 1. The number of rotatable bonds is 8. The number of anilines is 1. The molecule has 1 N–H and O–H groups in total. The van der Waals surface area contributed by atoms with Gasteiger partial charge in [0, 0.05) is 22.8 Å². The first kappa shape index (κ1) is 22.8. The van der Waals surface area contributed by atoms with Gasteiger partial charge >= 0.3 is 0 Å². The zero-order valence-electron chi connectivity index (χ0n) is 18.1. The number of halogens is 1. The van der Waals surface area contributed by atoms with Crippen molar-refractivity contribution in [2.45, 2.75) is 32.0 Å². The Bertz CT molecular complexity index is 1300. The van der Waals surface area contributed by atoms with Gasteiger partial charge in [-0.05, 0) is 61.5 Å². The molecule has 0 atom stereocenters.